The van der Waals surface area contributed by atoms with Crippen molar-refractivity contribution in [2.24, 2.45) is 0 Å². The van der Waals surface area contributed by atoms with Gasteiger partial charge in [-0.3, -0.25) is 0 Å². The predicted octanol–water partition coefficient (Wildman–Crippen LogP) is 1.61. The van der Waals surface area contributed by atoms with Gasteiger partial charge in [-0.15, -0.1) is 0 Å². The van der Waals surface area contributed by atoms with Crippen molar-refractivity contribution < 1.29 is 30.0 Å². The summed E-state index contributed by atoms with van der Waals surface area (Å²) in [5.41, 5.74) is 1.20. The summed E-state index contributed by atoms with van der Waals surface area (Å²) < 4.78 is 30.5. The second-order valence-electron chi connectivity index (χ2n) is 3.70. The van der Waals surface area contributed by atoms with Crippen molar-refractivity contribution in [1.82, 2.24) is 0 Å². The van der Waals surface area contributed by atoms with Crippen LogP contribution in [0, 0.1) is 32.8 Å². The van der Waals surface area contributed by atoms with Crippen LogP contribution in [0.25, 0.3) is 0 Å². The van der Waals surface area contributed by atoms with Gasteiger partial charge in [-0.1, -0.05) is 0 Å². The van der Waals surface area contributed by atoms with Gasteiger partial charge in [0.15, 0.2) is 0 Å². The Bertz CT molecular complexity index is 574. The molecule has 0 aliphatic carbocycles. The summed E-state index contributed by atoms with van der Waals surface area (Å²) in [4.78, 5) is 0. The van der Waals surface area contributed by atoms with Crippen LogP contribution in [-0.4, -0.2) is 0 Å². The molecule has 0 amide bonds. The molecule has 0 atom stereocenters. The third-order valence-corrected chi connectivity index (χ3v) is 9.18. The van der Waals surface area contributed by atoms with Gasteiger partial charge in [-0.2, -0.15) is 0 Å². The Labute approximate surface area is 142 Å². The van der Waals surface area contributed by atoms with E-state index in [1.165, 1.54) is 15.2 Å². The van der Waals surface area contributed by atoms with Crippen molar-refractivity contribution in [2.45, 2.75) is 6.92 Å². The molecule has 0 saturated carbocycles. The number of benzene rings is 2. The number of halogens is 5. The third-order valence-electron chi connectivity index (χ3n) is 2.22. The zero-order valence-corrected chi connectivity index (χ0v) is 15.7. The quantitative estimate of drug-likeness (QED) is 0.287. The molecule has 0 radical (unpaired) electrons. The van der Waals surface area contributed by atoms with E-state index in [4.69, 9.17) is 0 Å². The van der Waals surface area contributed by atoms with Gasteiger partial charge >= 0.3 is 144 Å². The molecule has 0 nitrogen and oxygen atoms in total. The van der Waals surface area contributed by atoms with E-state index in [-0.39, 0.29) is 0 Å². The first-order valence-electron chi connectivity index (χ1n) is 5.03. The van der Waals surface area contributed by atoms with Crippen molar-refractivity contribution in [3.8, 4) is 0 Å². The number of hydrogen-bond donors (Lipinski definition) is 0. The molecule has 0 bridgehead atoms. The fraction of sp³-hybridized carbons (Fsp3) is 0.0769. The second-order valence-corrected chi connectivity index (χ2v) is 8.80. The first-order valence-corrected chi connectivity index (χ1v) is 9.34. The topological polar surface area (TPSA) is 0 Å². The fourth-order valence-electron chi connectivity index (χ4n) is 1.39. The molecule has 96 valence electrons. The Balaban J connectivity index is 2.40. The molecule has 0 aliphatic rings. The SMILES string of the molecule is Cc1ccc([I-]c2c(F)cc(F)cc2I)c(I)c1. The Morgan fingerprint density at radius 3 is 2.33 bits per heavy atom. The molecule has 0 aliphatic heterocycles. The molecule has 0 saturated heterocycles. The molecule has 18 heavy (non-hydrogen) atoms. The normalized spacial score (nSPS) is 10.9. The van der Waals surface area contributed by atoms with Crippen molar-refractivity contribution in [3.63, 3.8) is 0 Å². The van der Waals surface area contributed by atoms with Crippen LogP contribution < -0.4 is 21.2 Å². The van der Waals surface area contributed by atoms with E-state index in [1.54, 1.807) is 0 Å². The summed E-state index contributed by atoms with van der Waals surface area (Å²) in [6.07, 6.45) is 0. The maximum absolute atomic E-state index is 13.8. The molecule has 2 aromatic rings. The van der Waals surface area contributed by atoms with E-state index >= 15 is 0 Å². The molecule has 2 aromatic carbocycles. The summed E-state index contributed by atoms with van der Waals surface area (Å²) in [6, 6.07) is 8.52. The van der Waals surface area contributed by atoms with Crippen LogP contribution >= 0.6 is 45.2 Å². The van der Waals surface area contributed by atoms with Gasteiger partial charge in [0.1, 0.15) is 0 Å². The van der Waals surface area contributed by atoms with Gasteiger partial charge in [0, 0.05) is 0 Å². The molecule has 5 heteroatoms. The van der Waals surface area contributed by atoms with Crippen molar-refractivity contribution in [2.75, 3.05) is 0 Å². The third kappa shape index (κ3) is 3.53. The monoisotopic (exact) mass is 583 g/mol. The summed E-state index contributed by atoms with van der Waals surface area (Å²) in [5.74, 6) is -0.938. The average Bonchev–Trinajstić information content (AvgIpc) is 2.25. The van der Waals surface area contributed by atoms with Crippen LogP contribution in [0.3, 0.4) is 0 Å². The van der Waals surface area contributed by atoms with Crippen LogP contribution in [0.4, 0.5) is 8.78 Å². The number of hydrogen-bond acceptors (Lipinski definition) is 0. The molecule has 0 fully saturated rings. The number of rotatable bonds is 2. The van der Waals surface area contributed by atoms with E-state index < -0.39 is 32.8 Å². The molecule has 0 heterocycles. The first-order chi connectivity index (χ1) is 8.47. The fourth-order valence-corrected chi connectivity index (χ4v) is 6.17. The minimum absolute atomic E-state index is 0.427. The van der Waals surface area contributed by atoms with Crippen molar-refractivity contribution >= 4 is 45.2 Å². The Morgan fingerprint density at radius 1 is 1.00 bits per heavy atom. The first kappa shape index (κ1) is 14.9. The minimum atomic E-state index is -0.619. The van der Waals surface area contributed by atoms with E-state index in [1.807, 2.05) is 41.6 Å². The average molecular weight is 583 g/mol. The molecular weight excluding hydrogens is 575 g/mol. The van der Waals surface area contributed by atoms with Gasteiger partial charge in [0.2, 0.25) is 0 Å². The standard InChI is InChI=1S/C13H8F2I3/c1-7-2-3-12(10(16)4-7)18-13-9(15)5-8(14)6-11(13)17/h2-6H,1H3/q-1. The number of aryl methyl sites for hydroxylation is 1. The second kappa shape index (κ2) is 6.29. The zero-order valence-electron chi connectivity index (χ0n) is 9.28. The van der Waals surface area contributed by atoms with Crippen molar-refractivity contribution in [3.05, 3.63) is 61.8 Å². The van der Waals surface area contributed by atoms with Crippen LogP contribution in [-0.2, 0) is 0 Å². The summed E-state index contributed by atoms with van der Waals surface area (Å²) in [7, 11) is 0. The van der Waals surface area contributed by atoms with Crippen LogP contribution in [0.15, 0.2) is 30.3 Å². The summed E-state index contributed by atoms with van der Waals surface area (Å²) in [6.45, 7) is 2.03. The Hall–Kier alpha value is 0.490. The summed E-state index contributed by atoms with van der Waals surface area (Å²) >= 11 is 3.65. The molecule has 0 aromatic heterocycles. The molecular formula is C13H8F2I3-. The van der Waals surface area contributed by atoms with Crippen LogP contribution in [0.2, 0.25) is 0 Å². The molecule has 0 N–H and O–H groups in total. The Kier molecular flexibility index (Phi) is 5.21. The van der Waals surface area contributed by atoms with Gasteiger partial charge in [-0.05, 0) is 0 Å². The molecule has 0 unspecified atom stereocenters. The summed E-state index contributed by atoms with van der Waals surface area (Å²) in [5, 5.41) is 0. The van der Waals surface area contributed by atoms with Gasteiger partial charge < -0.3 is 0 Å². The van der Waals surface area contributed by atoms with Crippen LogP contribution in [0.1, 0.15) is 5.56 Å². The van der Waals surface area contributed by atoms with Gasteiger partial charge in [0.05, 0.1) is 0 Å². The van der Waals surface area contributed by atoms with Gasteiger partial charge in [0.25, 0.3) is 0 Å². The molecule has 2 rings (SSSR count). The molecule has 0 spiro atoms. The van der Waals surface area contributed by atoms with Crippen LogP contribution in [0.5, 0.6) is 0 Å². The van der Waals surface area contributed by atoms with Crippen molar-refractivity contribution in [1.29, 1.82) is 0 Å². The van der Waals surface area contributed by atoms with E-state index in [2.05, 4.69) is 28.7 Å². The van der Waals surface area contributed by atoms with E-state index in [0.29, 0.717) is 7.14 Å². The maximum atomic E-state index is 13.8. The van der Waals surface area contributed by atoms with E-state index in [0.717, 1.165) is 9.64 Å². The predicted molar refractivity (Wildman–Crippen MR) is 80.4 cm³/mol. The Morgan fingerprint density at radius 2 is 1.72 bits per heavy atom. The zero-order chi connectivity index (χ0) is 13.3. The van der Waals surface area contributed by atoms with E-state index in [9.17, 15) is 8.78 Å². The van der Waals surface area contributed by atoms with Gasteiger partial charge in [-0.25, -0.2) is 0 Å².